The van der Waals surface area contributed by atoms with Crippen LogP contribution in [-0.4, -0.2) is 29.1 Å². The van der Waals surface area contributed by atoms with Crippen LogP contribution in [0.25, 0.3) is 100 Å². The molecule has 0 N–H and O–H groups in total. The Bertz CT molecular complexity index is 3130. The van der Waals surface area contributed by atoms with E-state index >= 15 is 0 Å². The predicted molar refractivity (Wildman–Crippen MR) is 228 cm³/mol. The monoisotopic (exact) mass is 716 g/mol. The highest BCUT2D eigenvalue weighted by molar-refractivity contribution is 6.12. The molecule has 11 aromatic rings. The number of pyridine rings is 1. The maximum absolute atomic E-state index is 5.21. The summed E-state index contributed by atoms with van der Waals surface area (Å²) in [7, 11) is 0. The number of benzene rings is 7. The Hall–Kier alpha value is -7.70. The Labute approximate surface area is 322 Å². The summed E-state index contributed by atoms with van der Waals surface area (Å²) >= 11 is 0. The van der Waals surface area contributed by atoms with E-state index in [1.165, 1.54) is 27.2 Å². The van der Waals surface area contributed by atoms with Crippen molar-refractivity contribution in [1.29, 1.82) is 0 Å². The van der Waals surface area contributed by atoms with Gasteiger partial charge >= 0.3 is 0 Å². The molecule has 0 amide bonds. The van der Waals surface area contributed by atoms with Gasteiger partial charge in [0.2, 0.25) is 0 Å². The molecule has 7 aromatic carbocycles. The van der Waals surface area contributed by atoms with Gasteiger partial charge in [-0.15, -0.1) is 0 Å². The molecule has 11 rings (SSSR count). The number of rotatable bonds is 6. The Morgan fingerprint density at radius 3 is 1.41 bits per heavy atom. The summed E-state index contributed by atoms with van der Waals surface area (Å²) in [6, 6.07) is 63.7. The molecular weight excluding hydrogens is 685 g/mol. The zero-order valence-corrected chi connectivity index (χ0v) is 30.2. The fourth-order valence-corrected chi connectivity index (χ4v) is 8.12. The van der Waals surface area contributed by atoms with Gasteiger partial charge in [-0.1, -0.05) is 127 Å². The van der Waals surface area contributed by atoms with Crippen molar-refractivity contribution in [3.05, 3.63) is 194 Å². The normalized spacial score (nSPS) is 11.6. The van der Waals surface area contributed by atoms with Crippen molar-refractivity contribution in [3.8, 4) is 56.7 Å². The number of para-hydroxylation sites is 3. The van der Waals surface area contributed by atoms with Crippen LogP contribution in [0.2, 0.25) is 0 Å². The second-order valence-electron chi connectivity index (χ2n) is 13.9. The molecule has 0 saturated heterocycles. The maximum atomic E-state index is 5.21. The molecule has 0 unspecified atom stereocenters. The molecule has 262 valence electrons. The molecule has 0 spiro atoms. The highest BCUT2D eigenvalue weighted by Crippen LogP contribution is 2.40. The lowest BCUT2D eigenvalue weighted by Gasteiger charge is -2.17. The Kier molecular flexibility index (Phi) is 7.38. The Morgan fingerprint density at radius 2 is 0.821 bits per heavy atom. The molecule has 0 fully saturated rings. The number of nitrogens with zero attached hydrogens (tertiary/aromatic N) is 6. The van der Waals surface area contributed by atoms with Gasteiger partial charge in [-0.3, -0.25) is 4.98 Å². The van der Waals surface area contributed by atoms with Crippen LogP contribution in [0.4, 0.5) is 0 Å². The smallest absolute Gasteiger partial charge is 0.166 e. The van der Waals surface area contributed by atoms with Crippen LogP contribution in [0.3, 0.4) is 0 Å². The molecule has 4 aromatic heterocycles. The van der Waals surface area contributed by atoms with Crippen molar-refractivity contribution in [2.24, 2.45) is 0 Å². The van der Waals surface area contributed by atoms with Gasteiger partial charge in [0, 0.05) is 56.3 Å². The molecule has 56 heavy (non-hydrogen) atoms. The molecule has 0 aliphatic heterocycles. The van der Waals surface area contributed by atoms with Crippen LogP contribution in [0.15, 0.2) is 194 Å². The van der Waals surface area contributed by atoms with Gasteiger partial charge in [0.1, 0.15) is 0 Å². The van der Waals surface area contributed by atoms with Crippen LogP contribution in [-0.2, 0) is 0 Å². The summed E-state index contributed by atoms with van der Waals surface area (Å²) in [5.74, 6) is 1.84. The van der Waals surface area contributed by atoms with E-state index in [4.69, 9.17) is 15.0 Å². The number of fused-ring (bicyclic) bond motifs is 6. The molecule has 6 heteroatoms. The number of hydrogen-bond donors (Lipinski definition) is 0. The first-order valence-electron chi connectivity index (χ1n) is 18.7. The predicted octanol–water partition coefficient (Wildman–Crippen LogP) is 12.1. The lowest BCUT2D eigenvalue weighted by atomic mass is 10.0. The lowest BCUT2D eigenvalue weighted by molar-refractivity contribution is 1.06. The second kappa shape index (κ2) is 13.0. The van der Waals surface area contributed by atoms with E-state index in [0.717, 1.165) is 55.6 Å². The van der Waals surface area contributed by atoms with Gasteiger partial charge in [0.25, 0.3) is 0 Å². The molecule has 4 heterocycles. The van der Waals surface area contributed by atoms with E-state index in [0.29, 0.717) is 17.5 Å². The fourth-order valence-electron chi connectivity index (χ4n) is 8.12. The topological polar surface area (TPSA) is 61.4 Å². The third-order valence-electron chi connectivity index (χ3n) is 10.7. The first-order chi connectivity index (χ1) is 27.8. The third-order valence-corrected chi connectivity index (χ3v) is 10.7. The highest BCUT2D eigenvalue weighted by Gasteiger charge is 2.21. The average Bonchev–Trinajstić information content (AvgIpc) is 3.79. The molecule has 0 radical (unpaired) electrons. The van der Waals surface area contributed by atoms with E-state index in [1.54, 1.807) is 0 Å². The molecule has 0 atom stereocenters. The summed E-state index contributed by atoms with van der Waals surface area (Å²) in [4.78, 5) is 19.7. The summed E-state index contributed by atoms with van der Waals surface area (Å²) < 4.78 is 4.76. The molecule has 6 nitrogen and oxygen atoms in total. The van der Waals surface area contributed by atoms with Crippen molar-refractivity contribution in [2.45, 2.75) is 0 Å². The molecule has 0 aliphatic carbocycles. The standard InChI is InChI=1S/C50H32N6/c1-3-13-34(14-4-1)48-52-49(35-15-5-2-6-16-35)54-50(53-48)42-25-23-36(33-27-29-51-30-28-33)31-46(42)56-45-22-12-9-19-40(45)41-26-24-37(32-47(41)56)55-43-20-10-7-17-38(43)39-18-8-11-21-44(39)55/h1-32H. The first kappa shape index (κ1) is 31.8. The molecular formula is C50H32N6. The minimum absolute atomic E-state index is 0.596. The molecule has 0 aliphatic rings. The minimum Gasteiger partial charge on any atom is -0.309 e. The average molecular weight is 717 g/mol. The van der Waals surface area contributed by atoms with Gasteiger partial charge < -0.3 is 9.13 Å². The highest BCUT2D eigenvalue weighted by atomic mass is 15.1. The summed E-state index contributed by atoms with van der Waals surface area (Å²) in [5, 5.41) is 4.79. The maximum Gasteiger partial charge on any atom is 0.166 e. The quantitative estimate of drug-likeness (QED) is 0.172. The van der Waals surface area contributed by atoms with E-state index < -0.39 is 0 Å². The first-order valence-corrected chi connectivity index (χ1v) is 18.7. The molecule has 0 saturated carbocycles. The Balaban J connectivity index is 1.22. The van der Waals surface area contributed by atoms with Crippen LogP contribution < -0.4 is 0 Å². The number of aromatic nitrogens is 6. The van der Waals surface area contributed by atoms with E-state index in [9.17, 15) is 0 Å². The third kappa shape index (κ3) is 5.19. The van der Waals surface area contributed by atoms with E-state index in [-0.39, 0.29) is 0 Å². The second-order valence-corrected chi connectivity index (χ2v) is 13.9. The van der Waals surface area contributed by atoms with Crippen molar-refractivity contribution in [3.63, 3.8) is 0 Å². The zero-order chi connectivity index (χ0) is 37.0. The van der Waals surface area contributed by atoms with Gasteiger partial charge in [-0.25, -0.2) is 15.0 Å². The van der Waals surface area contributed by atoms with Crippen molar-refractivity contribution in [1.82, 2.24) is 29.1 Å². The van der Waals surface area contributed by atoms with Crippen molar-refractivity contribution in [2.75, 3.05) is 0 Å². The van der Waals surface area contributed by atoms with Gasteiger partial charge in [-0.2, -0.15) is 0 Å². The van der Waals surface area contributed by atoms with E-state index in [2.05, 4.69) is 135 Å². The van der Waals surface area contributed by atoms with Crippen molar-refractivity contribution < 1.29 is 0 Å². The van der Waals surface area contributed by atoms with Crippen LogP contribution in [0.1, 0.15) is 0 Å². The number of hydrogen-bond acceptors (Lipinski definition) is 4. The molecule has 0 bridgehead atoms. The van der Waals surface area contributed by atoms with Gasteiger partial charge in [0.15, 0.2) is 17.5 Å². The Morgan fingerprint density at radius 1 is 0.321 bits per heavy atom. The summed E-state index contributed by atoms with van der Waals surface area (Å²) in [6.07, 6.45) is 3.68. The van der Waals surface area contributed by atoms with Crippen LogP contribution in [0, 0.1) is 0 Å². The largest absolute Gasteiger partial charge is 0.309 e. The summed E-state index contributed by atoms with van der Waals surface area (Å²) in [6.45, 7) is 0. The fraction of sp³-hybridized carbons (Fsp3) is 0. The SMILES string of the molecule is c1ccc(-c2nc(-c3ccccc3)nc(-c3ccc(-c4ccncc4)cc3-n3c4ccccc4c4ccc(-n5c6ccccc6c6ccccc65)cc43)n2)cc1. The minimum atomic E-state index is 0.596. The zero-order valence-electron chi connectivity index (χ0n) is 30.2. The van der Waals surface area contributed by atoms with Gasteiger partial charge in [0.05, 0.1) is 27.8 Å². The van der Waals surface area contributed by atoms with Crippen molar-refractivity contribution >= 4 is 43.6 Å². The van der Waals surface area contributed by atoms with E-state index in [1.807, 2.05) is 73.1 Å². The summed E-state index contributed by atoms with van der Waals surface area (Å²) in [5.41, 5.74) is 11.5. The lowest BCUT2D eigenvalue weighted by Crippen LogP contribution is -2.04. The van der Waals surface area contributed by atoms with Crippen LogP contribution >= 0.6 is 0 Å². The van der Waals surface area contributed by atoms with Gasteiger partial charge in [-0.05, 0) is 65.7 Å². The van der Waals surface area contributed by atoms with Crippen LogP contribution in [0.5, 0.6) is 0 Å².